The van der Waals surface area contributed by atoms with Crippen LogP contribution in [0, 0.1) is 12.2 Å². The molecule has 1 aliphatic heterocycles. The summed E-state index contributed by atoms with van der Waals surface area (Å²) in [5.74, 6) is 0.954. The van der Waals surface area contributed by atoms with Gasteiger partial charge in [0.2, 0.25) is 0 Å². The molecule has 2 heterocycles. The number of phosphoric ester groups is 1. The molecule has 0 aromatic carbocycles. The molecule has 11 nitrogen and oxygen atoms in total. The summed E-state index contributed by atoms with van der Waals surface area (Å²) in [6.07, 6.45) is 1.87. The molecule has 0 saturated carbocycles. The van der Waals surface area contributed by atoms with Crippen molar-refractivity contribution in [3.8, 4) is 5.31 Å². The molecule has 0 saturated heterocycles. The fourth-order valence-corrected chi connectivity index (χ4v) is 4.45. The van der Waals surface area contributed by atoms with Crippen molar-refractivity contribution in [3.05, 3.63) is 28.2 Å². The van der Waals surface area contributed by atoms with E-state index < -0.39 is 15.6 Å². The molecule has 1 aromatic rings. The van der Waals surface area contributed by atoms with Crippen molar-refractivity contribution >= 4 is 32.6 Å². The molecular weight excluding hydrogens is 406 g/mol. The number of anilines is 1. The lowest BCUT2D eigenvalue weighted by Gasteiger charge is -2.17. The number of phosphoric acid groups is 2. The Morgan fingerprint density at radius 2 is 2.04 bits per heavy atom. The van der Waals surface area contributed by atoms with Crippen LogP contribution in [0.4, 0.5) is 5.82 Å². The van der Waals surface area contributed by atoms with Gasteiger partial charge in [0.15, 0.2) is 0 Å². The lowest BCUT2D eigenvalue weighted by molar-refractivity contribution is 0.180. The minimum atomic E-state index is -5.12. The topological polar surface area (TPSA) is 168 Å². The van der Waals surface area contributed by atoms with Crippen molar-refractivity contribution in [1.29, 1.82) is 0 Å². The highest BCUT2D eigenvalue weighted by atomic mass is 32.1. The standard InChI is InChI=1S/C12H18N4O7P2S/c1-8-11(3-4-22-25(20,21)23-24(17,18)19)26-7-16(8)6-10-5-14-9(2)15-12(10)13/h5H,3-4,6H2,1-2H3,(H,20,21)(H2,13,14,15)(H2,17,18,19). The van der Waals surface area contributed by atoms with Gasteiger partial charge in [-0.05, 0) is 13.8 Å². The Balaban J connectivity index is 1.94. The second-order valence-electron chi connectivity index (χ2n) is 5.24. The SMILES string of the molecule is CC1=C(CCOP(=O)(O)OP(=O)(O)O)S#CN1Cc1cnc(C)nc1N. The van der Waals surface area contributed by atoms with Crippen molar-refractivity contribution < 1.29 is 32.6 Å². The molecule has 2 rings (SSSR count). The highest BCUT2D eigenvalue weighted by molar-refractivity contribution is 7.92. The first kappa shape index (κ1) is 21.0. The van der Waals surface area contributed by atoms with E-state index in [1.165, 1.54) is 11.2 Å². The van der Waals surface area contributed by atoms with Crippen LogP contribution in [0.3, 0.4) is 0 Å². The molecule has 14 heteroatoms. The Bertz CT molecular complexity index is 891. The van der Waals surface area contributed by atoms with Crippen LogP contribution in [-0.2, 0) is 24.5 Å². The van der Waals surface area contributed by atoms with E-state index in [2.05, 4.69) is 24.1 Å². The lowest BCUT2D eigenvalue weighted by atomic mass is 10.2. The Hall–Kier alpha value is -1.32. The average molecular weight is 424 g/mol. The van der Waals surface area contributed by atoms with E-state index in [1.54, 1.807) is 18.0 Å². The van der Waals surface area contributed by atoms with Crippen molar-refractivity contribution in [2.45, 2.75) is 26.8 Å². The summed E-state index contributed by atoms with van der Waals surface area (Å²) in [6, 6.07) is 0. The second kappa shape index (κ2) is 8.14. The third-order valence-electron chi connectivity index (χ3n) is 3.23. The summed E-state index contributed by atoms with van der Waals surface area (Å²) in [4.78, 5) is 37.1. The highest BCUT2D eigenvalue weighted by Crippen LogP contribution is 2.57. The minimum Gasteiger partial charge on any atom is -0.383 e. The number of hydrogen-bond acceptors (Lipinski definition) is 8. The summed E-state index contributed by atoms with van der Waals surface area (Å²) in [7, 11) is -9.96. The predicted molar refractivity (Wildman–Crippen MR) is 94.4 cm³/mol. The Morgan fingerprint density at radius 3 is 2.65 bits per heavy atom. The maximum atomic E-state index is 11.4. The molecule has 0 bridgehead atoms. The van der Waals surface area contributed by atoms with Crippen LogP contribution >= 0.6 is 26.8 Å². The van der Waals surface area contributed by atoms with Gasteiger partial charge in [-0.25, -0.2) is 19.1 Å². The van der Waals surface area contributed by atoms with E-state index in [4.69, 9.17) is 15.5 Å². The number of hydrogen-bond donors (Lipinski definition) is 4. The monoisotopic (exact) mass is 424 g/mol. The van der Waals surface area contributed by atoms with Crippen LogP contribution in [0.15, 0.2) is 16.8 Å². The average Bonchev–Trinajstić information content (AvgIpc) is 2.80. The van der Waals surface area contributed by atoms with Crippen LogP contribution in [-0.4, -0.2) is 36.2 Å². The van der Waals surface area contributed by atoms with E-state index in [0.717, 1.165) is 16.2 Å². The third-order valence-corrected chi connectivity index (χ3v) is 6.47. The molecule has 0 fully saturated rings. The number of allylic oxidation sites excluding steroid dienone is 1. The summed E-state index contributed by atoms with van der Waals surface area (Å²) in [6.45, 7) is 3.72. The number of nitrogen functional groups attached to an aromatic ring is 1. The van der Waals surface area contributed by atoms with Gasteiger partial charge < -0.3 is 20.4 Å². The van der Waals surface area contributed by atoms with E-state index >= 15 is 0 Å². The maximum absolute atomic E-state index is 11.4. The van der Waals surface area contributed by atoms with E-state index in [-0.39, 0.29) is 13.0 Å². The van der Waals surface area contributed by atoms with Crippen LogP contribution < -0.4 is 5.73 Å². The minimum absolute atomic E-state index is 0.231. The number of aromatic nitrogens is 2. The van der Waals surface area contributed by atoms with Crippen molar-refractivity contribution in [1.82, 2.24) is 14.9 Å². The largest absolute Gasteiger partial charge is 0.481 e. The van der Waals surface area contributed by atoms with Gasteiger partial charge in [0, 0.05) is 34.1 Å². The molecule has 1 aromatic heterocycles. The Kier molecular flexibility index (Phi) is 6.57. The van der Waals surface area contributed by atoms with E-state index in [9.17, 15) is 14.0 Å². The van der Waals surface area contributed by atoms with Gasteiger partial charge in [0.05, 0.1) is 13.2 Å². The van der Waals surface area contributed by atoms with Gasteiger partial charge in [-0.15, -0.1) is 0 Å². The summed E-state index contributed by atoms with van der Waals surface area (Å²) >= 11 is 1.28. The zero-order valence-corrected chi connectivity index (χ0v) is 16.5. The molecule has 1 atom stereocenters. The number of nitrogens with zero attached hydrogens (tertiary/aromatic N) is 3. The van der Waals surface area contributed by atoms with Crippen LogP contribution in [0.1, 0.15) is 24.7 Å². The zero-order chi connectivity index (χ0) is 19.5. The molecule has 26 heavy (non-hydrogen) atoms. The fraction of sp³-hybridized carbons (Fsp3) is 0.417. The summed E-state index contributed by atoms with van der Waals surface area (Å²) in [5.41, 5.74) is 7.44. The Labute approximate surface area is 153 Å². The van der Waals surface area contributed by atoms with Crippen LogP contribution in [0.25, 0.3) is 0 Å². The van der Waals surface area contributed by atoms with Gasteiger partial charge in [-0.3, -0.25) is 9.42 Å². The van der Waals surface area contributed by atoms with Gasteiger partial charge >= 0.3 is 15.6 Å². The molecule has 1 aliphatic rings. The predicted octanol–water partition coefficient (Wildman–Crippen LogP) is 1.68. The number of aryl methyl sites for hydroxylation is 1. The first-order chi connectivity index (χ1) is 12.0. The van der Waals surface area contributed by atoms with Gasteiger partial charge in [0.25, 0.3) is 0 Å². The van der Waals surface area contributed by atoms with Crippen molar-refractivity contribution in [3.63, 3.8) is 0 Å². The van der Waals surface area contributed by atoms with Crippen molar-refractivity contribution in [2.75, 3.05) is 12.3 Å². The number of rotatable bonds is 8. The lowest BCUT2D eigenvalue weighted by Crippen LogP contribution is -2.16. The van der Waals surface area contributed by atoms with E-state index in [0.29, 0.717) is 18.2 Å². The number of nitrogens with two attached hydrogens (primary N) is 1. The molecular formula is C12H18N4O7P2S. The first-order valence-electron chi connectivity index (χ1n) is 7.19. The molecule has 5 N–H and O–H groups in total. The quantitative estimate of drug-likeness (QED) is 0.448. The van der Waals surface area contributed by atoms with Gasteiger partial charge in [0.1, 0.15) is 11.6 Å². The summed E-state index contributed by atoms with van der Waals surface area (Å²) in [5, 5.41) is 3.05. The summed E-state index contributed by atoms with van der Waals surface area (Å²) < 4.78 is 30.3. The highest BCUT2D eigenvalue weighted by Gasteiger charge is 2.32. The zero-order valence-electron chi connectivity index (χ0n) is 13.9. The molecule has 0 spiro atoms. The molecule has 0 amide bonds. The smallest absolute Gasteiger partial charge is 0.383 e. The molecule has 0 radical (unpaired) electrons. The van der Waals surface area contributed by atoms with Crippen LogP contribution in [0.2, 0.25) is 0 Å². The van der Waals surface area contributed by atoms with Crippen molar-refractivity contribution in [2.24, 2.45) is 0 Å². The molecule has 1 unspecified atom stereocenters. The third kappa shape index (κ3) is 6.14. The van der Waals surface area contributed by atoms with E-state index in [1.807, 2.05) is 6.92 Å². The Morgan fingerprint density at radius 1 is 1.35 bits per heavy atom. The first-order valence-corrected chi connectivity index (χ1v) is 11.0. The molecule has 144 valence electrons. The fourth-order valence-electron chi connectivity index (χ4n) is 2.00. The van der Waals surface area contributed by atoms with Crippen LogP contribution in [0.5, 0.6) is 0 Å². The van der Waals surface area contributed by atoms with Gasteiger partial charge in [-0.1, -0.05) is 11.2 Å². The maximum Gasteiger partial charge on any atom is 0.481 e. The normalized spacial score (nSPS) is 16.7. The molecule has 0 aliphatic carbocycles. The van der Waals surface area contributed by atoms with Gasteiger partial charge in [-0.2, -0.15) is 4.31 Å². The second-order valence-corrected chi connectivity index (χ2v) is 8.95.